The molecule has 198 valence electrons. The summed E-state index contributed by atoms with van der Waals surface area (Å²) in [4.78, 5) is 42.1. The van der Waals surface area contributed by atoms with Crippen LogP contribution in [-0.2, 0) is 32.2 Å². The van der Waals surface area contributed by atoms with Gasteiger partial charge in [-0.1, -0.05) is 36.4 Å². The molecule has 0 aliphatic carbocycles. The van der Waals surface area contributed by atoms with Crippen LogP contribution in [-0.4, -0.2) is 66.2 Å². The van der Waals surface area contributed by atoms with E-state index in [0.717, 1.165) is 11.1 Å². The molecule has 0 unspecified atom stereocenters. The van der Waals surface area contributed by atoms with E-state index in [1.807, 2.05) is 42.5 Å². The molecule has 0 radical (unpaired) electrons. The zero-order chi connectivity index (χ0) is 26.7. The van der Waals surface area contributed by atoms with Crippen LogP contribution in [0.2, 0.25) is 0 Å². The Labute approximate surface area is 217 Å². The van der Waals surface area contributed by atoms with Gasteiger partial charge in [0.15, 0.2) is 11.5 Å². The number of carbonyl (C=O) groups is 3. The number of benzene rings is 2. The fourth-order valence-electron chi connectivity index (χ4n) is 4.92. The number of nitrogens with zero attached hydrogens (tertiary/aromatic N) is 2. The molecule has 9 nitrogen and oxygen atoms in total. The second-order valence-corrected chi connectivity index (χ2v) is 10.3. The standard InChI is InChI=1S/C28H34N2O7/c1-28(2,3)37-27(33)30-16-20(14-23(31)36-17-18-9-7-6-8-10-18)24-25(30)26(32)29(24)15-19-11-12-21(34-4)22(13-19)35-5/h6-13,20,24-25H,14-17H2,1-5H3/t20-,24-,25+/m1/s1. The van der Waals surface area contributed by atoms with E-state index in [0.29, 0.717) is 18.0 Å². The number of ether oxygens (including phenoxy) is 4. The zero-order valence-corrected chi connectivity index (χ0v) is 21.9. The second kappa shape index (κ2) is 10.7. The first-order valence-corrected chi connectivity index (χ1v) is 12.3. The summed E-state index contributed by atoms with van der Waals surface area (Å²) < 4.78 is 21.8. The summed E-state index contributed by atoms with van der Waals surface area (Å²) >= 11 is 0. The fourth-order valence-corrected chi connectivity index (χ4v) is 4.92. The van der Waals surface area contributed by atoms with Crippen molar-refractivity contribution in [3.63, 3.8) is 0 Å². The molecular formula is C28H34N2O7. The van der Waals surface area contributed by atoms with E-state index in [1.165, 1.54) is 4.90 Å². The Bertz CT molecular complexity index is 1140. The summed E-state index contributed by atoms with van der Waals surface area (Å²) in [5.74, 6) is 0.330. The molecule has 9 heteroatoms. The first-order valence-electron chi connectivity index (χ1n) is 12.3. The van der Waals surface area contributed by atoms with Gasteiger partial charge in [-0.05, 0) is 44.0 Å². The van der Waals surface area contributed by atoms with Gasteiger partial charge in [0.2, 0.25) is 5.91 Å². The molecule has 3 atom stereocenters. The van der Waals surface area contributed by atoms with Crippen molar-refractivity contribution in [3.05, 3.63) is 59.7 Å². The normalized spacial score (nSPS) is 20.7. The maximum atomic E-state index is 13.3. The van der Waals surface area contributed by atoms with Crippen LogP contribution in [0.4, 0.5) is 4.79 Å². The summed E-state index contributed by atoms with van der Waals surface area (Å²) in [6.07, 6.45) is -0.468. The summed E-state index contributed by atoms with van der Waals surface area (Å²) in [5.41, 5.74) is 1.04. The van der Waals surface area contributed by atoms with Gasteiger partial charge >= 0.3 is 12.1 Å². The van der Waals surface area contributed by atoms with Gasteiger partial charge in [-0.25, -0.2) is 4.79 Å². The lowest BCUT2D eigenvalue weighted by atomic mass is 9.86. The minimum atomic E-state index is -0.703. The zero-order valence-electron chi connectivity index (χ0n) is 21.9. The molecule has 2 heterocycles. The molecule has 2 fully saturated rings. The fraction of sp³-hybridized carbons (Fsp3) is 0.464. The third-order valence-electron chi connectivity index (χ3n) is 6.57. The number of methoxy groups -OCH3 is 2. The summed E-state index contributed by atoms with van der Waals surface area (Å²) in [6.45, 7) is 6.07. The maximum Gasteiger partial charge on any atom is 0.411 e. The lowest BCUT2D eigenvalue weighted by Gasteiger charge is -2.47. The van der Waals surface area contributed by atoms with Crippen LogP contribution in [0, 0.1) is 5.92 Å². The van der Waals surface area contributed by atoms with Crippen LogP contribution in [0.5, 0.6) is 11.5 Å². The lowest BCUT2D eigenvalue weighted by Crippen LogP contribution is -2.67. The number of esters is 1. The molecule has 0 bridgehead atoms. The molecule has 2 aromatic carbocycles. The Morgan fingerprint density at radius 2 is 1.68 bits per heavy atom. The largest absolute Gasteiger partial charge is 0.493 e. The third-order valence-corrected chi connectivity index (χ3v) is 6.57. The number of carbonyl (C=O) groups excluding carboxylic acids is 3. The molecule has 2 amide bonds. The number of hydrogen-bond acceptors (Lipinski definition) is 7. The van der Waals surface area contributed by atoms with Gasteiger partial charge in [-0.15, -0.1) is 0 Å². The third kappa shape index (κ3) is 5.81. The van der Waals surface area contributed by atoms with Crippen molar-refractivity contribution < 1.29 is 33.3 Å². The second-order valence-electron chi connectivity index (χ2n) is 10.3. The molecule has 2 saturated heterocycles. The van der Waals surface area contributed by atoms with E-state index >= 15 is 0 Å². The number of β-lactam (4-membered cyclic amide) rings is 1. The molecule has 0 saturated carbocycles. The molecule has 2 aromatic rings. The highest BCUT2D eigenvalue weighted by Gasteiger charge is 2.61. The van der Waals surface area contributed by atoms with Gasteiger partial charge < -0.3 is 23.8 Å². The van der Waals surface area contributed by atoms with Gasteiger partial charge in [0.1, 0.15) is 18.2 Å². The first kappa shape index (κ1) is 26.3. The predicted octanol–water partition coefficient (Wildman–Crippen LogP) is 3.78. The van der Waals surface area contributed by atoms with Crippen molar-refractivity contribution in [2.75, 3.05) is 20.8 Å². The van der Waals surface area contributed by atoms with Crippen molar-refractivity contribution in [1.29, 1.82) is 0 Å². The Balaban J connectivity index is 1.50. The van der Waals surface area contributed by atoms with Crippen molar-refractivity contribution in [2.24, 2.45) is 5.92 Å². The molecule has 0 N–H and O–H groups in total. The van der Waals surface area contributed by atoms with Gasteiger partial charge in [0.25, 0.3) is 0 Å². The quantitative estimate of drug-likeness (QED) is 0.394. The Morgan fingerprint density at radius 1 is 0.973 bits per heavy atom. The van der Waals surface area contributed by atoms with Gasteiger partial charge in [-0.2, -0.15) is 0 Å². The van der Waals surface area contributed by atoms with E-state index in [9.17, 15) is 14.4 Å². The van der Waals surface area contributed by atoms with Crippen LogP contribution in [0.15, 0.2) is 48.5 Å². The number of amides is 2. The topological polar surface area (TPSA) is 94.6 Å². The lowest BCUT2D eigenvalue weighted by molar-refractivity contribution is -0.158. The van der Waals surface area contributed by atoms with Crippen LogP contribution in [0.25, 0.3) is 0 Å². The van der Waals surface area contributed by atoms with E-state index in [4.69, 9.17) is 18.9 Å². The van der Waals surface area contributed by atoms with Crippen LogP contribution in [0.3, 0.4) is 0 Å². The number of likely N-dealkylation sites (tertiary alicyclic amines) is 2. The first-order chi connectivity index (χ1) is 17.6. The Hall–Kier alpha value is -3.75. The monoisotopic (exact) mass is 510 g/mol. The van der Waals surface area contributed by atoms with E-state index in [-0.39, 0.29) is 43.4 Å². The molecule has 0 aromatic heterocycles. The summed E-state index contributed by atoms with van der Waals surface area (Å²) in [7, 11) is 3.12. The average molecular weight is 511 g/mol. The molecule has 2 aliphatic rings. The Morgan fingerprint density at radius 3 is 2.32 bits per heavy atom. The maximum absolute atomic E-state index is 13.3. The van der Waals surface area contributed by atoms with Gasteiger partial charge in [-0.3, -0.25) is 14.5 Å². The van der Waals surface area contributed by atoms with Gasteiger partial charge in [0.05, 0.1) is 26.7 Å². The molecule has 37 heavy (non-hydrogen) atoms. The van der Waals surface area contributed by atoms with Crippen molar-refractivity contribution in [3.8, 4) is 11.5 Å². The molecular weight excluding hydrogens is 476 g/mol. The Kier molecular flexibility index (Phi) is 7.61. The minimum absolute atomic E-state index is 0.0863. The summed E-state index contributed by atoms with van der Waals surface area (Å²) in [6, 6.07) is 13.9. The van der Waals surface area contributed by atoms with Crippen LogP contribution >= 0.6 is 0 Å². The highest BCUT2D eigenvalue weighted by molar-refractivity contribution is 5.94. The summed E-state index contributed by atoms with van der Waals surface area (Å²) in [5, 5.41) is 0. The van der Waals surface area contributed by atoms with E-state index < -0.39 is 17.7 Å². The van der Waals surface area contributed by atoms with E-state index in [1.54, 1.807) is 46.0 Å². The number of fused-ring (bicyclic) bond motifs is 1. The number of rotatable bonds is 8. The SMILES string of the molecule is COc1ccc(CN2C(=O)[C@@H]3[C@H]2[C@H](CC(=O)OCc2ccccc2)CN3C(=O)OC(C)(C)C)cc1OC. The van der Waals surface area contributed by atoms with Gasteiger partial charge in [0, 0.05) is 19.0 Å². The highest BCUT2D eigenvalue weighted by Crippen LogP contribution is 2.41. The molecule has 4 rings (SSSR count). The average Bonchev–Trinajstić information content (AvgIpc) is 3.20. The highest BCUT2D eigenvalue weighted by atomic mass is 16.6. The van der Waals surface area contributed by atoms with Crippen molar-refractivity contribution in [1.82, 2.24) is 9.80 Å². The molecule has 0 spiro atoms. The smallest absolute Gasteiger partial charge is 0.411 e. The van der Waals surface area contributed by atoms with E-state index in [2.05, 4.69) is 0 Å². The van der Waals surface area contributed by atoms with Crippen LogP contribution < -0.4 is 9.47 Å². The van der Waals surface area contributed by atoms with Crippen LogP contribution in [0.1, 0.15) is 38.3 Å². The molecule has 2 aliphatic heterocycles. The van der Waals surface area contributed by atoms with Crippen molar-refractivity contribution in [2.45, 2.75) is 58.0 Å². The minimum Gasteiger partial charge on any atom is -0.493 e. The predicted molar refractivity (Wildman–Crippen MR) is 135 cm³/mol. The van der Waals surface area contributed by atoms with Crippen molar-refractivity contribution >= 4 is 18.0 Å². The number of hydrogen-bond donors (Lipinski definition) is 0.